The highest BCUT2D eigenvalue weighted by Crippen LogP contribution is 2.22. The van der Waals surface area contributed by atoms with Crippen molar-refractivity contribution in [2.24, 2.45) is 5.73 Å². The Morgan fingerprint density at radius 2 is 2.04 bits per heavy atom. The Balaban J connectivity index is 1.62. The molecular weight excluding hydrogens is 294 g/mol. The fraction of sp³-hybridized carbons (Fsp3) is 0.353. The minimum atomic E-state index is -0.00116. The monoisotopic (exact) mass is 315 g/mol. The number of carbonyl (C=O) groups excluding carboxylic acids is 1. The lowest BCUT2D eigenvalue weighted by Gasteiger charge is -2.36. The molecule has 1 aromatic carbocycles. The zero-order chi connectivity index (χ0) is 16.2. The minimum Gasteiger partial charge on any atom is -0.497 e. The third-order valence-corrected chi connectivity index (χ3v) is 4.09. The molecule has 23 heavy (non-hydrogen) atoms. The fourth-order valence-corrected chi connectivity index (χ4v) is 2.76. The van der Waals surface area contributed by atoms with Gasteiger partial charge in [-0.1, -0.05) is 6.07 Å². The lowest BCUT2D eigenvalue weighted by molar-refractivity contribution is 0.0746. The van der Waals surface area contributed by atoms with E-state index < -0.39 is 0 Å². The Morgan fingerprint density at radius 3 is 2.70 bits per heavy atom. The SMILES string of the molecule is COc1cccc(N2CCN(C(=O)c3coc(CN)c3)CC2)c1. The molecule has 0 atom stereocenters. The van der Waals surface area contributed by atoms with Gasteiger partial charge in [0.25, 0.3) is 5.91 Å². The lowest BCUT2D eigenvalue weighted by atomic mass is 10.2. The second kappa shape index (κ2) is 6.75. The highest BCUT2D eigenvalue weighted by atomic mass is 16.5. The molecule has 1 aliphatic rings. The van der Waals surface area contributed by atoms with Crippen molar-refractivity contribution in [2.75, 3.05) is 38.2 Å². The second-order valence-corrected chi connectivity index (χ2v) is 5.49. The molecule has 0 aliphatic carbocycles. The first kappa shape index (κ1) is 15.4. The summed E-state index contributed by atoms with van der Waals surface area (Å²) < 4.78 is 10.5. The first-order chi connectivity index (χ1) is 11.2. The molecule has 3 rings (SSSR count). The summed E-state index contributed by atoms with van der Waals surface area (Å²) in [5.41, 5.74) is 7.20. The maximum absolute atomic E-state index is 12.5. The topological polar surface area (TPSA) is 71.9 Å². The first-order valence-corrected chi connectivity index (χ1v) is 7.67. The van der Waals surface area contributed by atoms with Gasteiger partial charge in [-0.15, -0.1) is 0 Å². The van der Waals surface area contributed by atoms with E-state index in [1.807, 2.05) is 23.1 Å². The summed E-state index contributed by atoms with van der Waals surface area (Å²) >= 11 is 0. The maximum Gasteiger partial charge on any atom is 0.257 e. The number of carbonyl (C=O) groups is 1. The lowest BCUT2D eigenvalue weighted by Crippen LogP contribution is -2.48. The zero-order valence-corrected chi connectivity index (χ0v) is 13.2. The van der Waals surface area contributed by atoms with Gasteiger partial charge in [0.05, 0.1) is 19.2 Å². The number of rotatable bonds is 4. The summed E-state index contributed by atoms with van der Waals surface area (Å²) in [7, 11) is 1.66. The van der Waals surface area contributed by atoms with Crippen LogP contribution < -0.4 is 15.4 Å². The molecule has 6 nitrogen and oxygen atoms in total. The molecule has 2 aromatic rings. The number of nitrogens with two attached hydrogens (primary N) is 1. The van der Waals surface area contributed by atoms with E-state index in [2.05, 4.69) is 11.0 Å². The highest BCUT2D eigenvalue weighted by Gasteiger charge is 2.23. The Kier molecular flexibility index (Phi) is 4.52. The average molecular weight is 315 g/mol. The van der Waals surface area contributed by atoms with Gasteiger partial charge < -0.3 is 24.7 Å². The van der Waals surface area contributed by atoms with Crippen LogP contribution in [0.2, 0.25) is 0 Å². The van der Waals surface area contributed by atoms with Crippen molar-refractivity contribution in [1.29, 1.82) is 0 Å². The molecule has 0 bridgehead atoms. The van der Waals surface area contributed by atoms with E-state index in [9.17, 15) is 4.79 Å². The molecule has 0 radical (unpaired) electrons. The average Bonchev–Trinajstić information content (AvgIpc) is 3.10. The Hall–Kier alpha value is -2.47. The number of hydrogen-bond acceptors (Lipinski definition) is 5. The van der Waals surface area contributed by atoms with E-state index in [1.165, 1.54) is 6.26 Å². The quantitative estimate of drug-likeness (QED) is 0.930. The van der Waals surface area contributed by atoms with Crippen LogP contribution in [0.15, 0.2) is 41.0 Å². The molecule has 0 spiro atoms. The van der Waals surface area contributed by atoms with Crippen molar-refractivity contribution in [3.63, 3.8) is 0 Å². The van der Waals surface area contributed by atoms with Gasteiger partial charge in [0.1, 0.15) is 17.8 Å². The number of methoxy groups -OCH3 is 1. The molecular formula is C17H21N3O3. The number of ether oxygens (including phenoxy) is 1. The van der Waals surface area contributed by atoms with E-state index in [0.717, 1.165) is 24.5 Å². The van der Waals surface area contributed by atoms with Crippen molar-refractivity contribution in [3.8, 4) is 5.75 Å². The van der Waals surface area contributed by atoms with Gasteiger partial charge in [0.15, 0.2) is 0 Å². The van der Waals surface area contributed by atoms with Gasteiger partial charge in [0.2, 0.25) is 0 Å². The normalized spacial score (nSPS) is 14.9. The molecule has 0 unspecified atom stereocenters. The smallest absolute Gasteiger partial charge is 0.257 e. The van der Waals surface area contributed by atoms with Crippen LogP contribution in [0.4, 0.5) is 5.69 Å². The van der Waals surface area contributed by atoms with Crippen LogP contribution in [0.1, 0.15) is 16.1 Å². The third-order valence-electron chi connectivity index (χ3n) is 4.09. The van der Waals surface area contributed by atoms with Crippen LogP contribution in [0.25, 0.3) is 0 Å². The summed E-state index contributed by atoms with van der Waals surface area (Å²) in [6, 6.07) is 9.70. The summed E-state index contributed by atoms with van der Waals surface area (Å²) in [4.78, 5) is 16.6. The molecule has 2 N–H and O–H groups in total. The van der Waals surface area contributed by atoms with Gasteiger partial charge in [-0.25, -0.2) is 0 Å². The van der Waals surface area contributed by atoms with E-state index >= 15 is 0 Å². The Bertz CT molecular complexity index is 675. The standard InChI is InChI=1S/C17H21N3O3/c1-22-15-4-2-3-14(10-15)19-5-7-20(8-6-19)17(21)13-9-16(11-18)23-12-13/h2-4,9-10,12H,5-8,11,18H2,1H3. The van der Waals surface area contributed by atoms with Crippen molar-refractivity contribution >= 4 is 11.6 Å². The molecule has 6 heteroatoms. The molecule has 0 saturated carbocycles. The molecule has 1 saturated heterocycles. The third kappa shape index (κ3) is 3.32. The molecule has 1 aliphatic heterocycles. The highest BCUT2D eigenvalue weighted by molar-refractivity contribution is 5.94. The predicted molar refractivity (Wildman–Crippen MR) is 87.7 cm³/mol. The zero-order valence-electron chi connectivity index (χ0n) is 13.2. The number of hydrogen-bond donors (Lipinski definition) is 1. The largest absolute Gasteiger partial charge is 0.497 e. The summed E-state index contributed by atoms with van der Waals surface area (Å²) in [5.74, 6) is 1.47. The number of furan rings is 1. The van der Waals surface area contributed by atoms with Crippen LogP contribution in [-0.4, -0.2) is 44.1 Å². The number of anilines is 1. The molecule has 122 valence electrons. The van der Waals surface area contributed by atoms with E-state index in [1.54, 1.807) is 13.2 Å². The van der Waals surface area contributed by atoms with Gasteiger partial charge in [-0.3, -0.25) is 4.79 Å². The summed E-state index contributed by atoms with van der Waals surface area (Å²) in [5, 5.41) is 0. The van der Waals surface area contributed by atoms with Crippen molar-refractivity contribution < 1.29 is 13.9 Å². The number of benzene rings is 1. The van der Waals surface area contributed by atoms with Crippen LogP contribution in [0.3, 0.4) is 0 Å². The van der Waals surface area contributed by atoms with Crippen LogP contribution >= 0.6 is 0 Å². The minimum absolute atomic E-state index is 0.00116. The molecule has 1 aromatic heterocycles. The van der Waals surface area contributed by atoms with Crippen LogP contribution in [0.5, 0.6) is 5.75 Å². The maximum atomic E-state index is 12.5. The Labute approximate surface area is 135 Å². The van der Waals surface area contributed by atoms with E-state index in [0.29, 0.717) is 31.0 Å². The number of amides is 1. The number of piperazine rings is 1. The molecule has 1 fully saturated rings. The van der Waals surface area contributed by atoms with Gasteiger partial charge in [0, 0.05) is 37.9 Å². The van der Waals surface area contributed by atoms with E-state index in [-0.39, 0.29) is 5.91 Å². The van der Waals surface area contributed by atoms with Gasteiger partial charge in [-0.05, 0) is 18.2 Å². The summed E-state index contributed by atoms with van der Waals surface area (Å²) in [6.45, 7) is 3.25. The van der Waals surface area contributed by atoms with Crippen molar-refractivity contribution in [2.45, 2.75) is 6.54 Å². The molecule has 1 amide bonds. The van der Waals surface area contributed by atoms with Gasteiger partial charge in [-0.2, -0.15) is 0 Å². The Morgan fingerprint density at radius 1 is 1.26 bits per heavy atom. The fourth-order valence-electron chi connectivity index (χ4n) is 2.76. The molecule has 2 heterocycles. The second-order valence-electron chi connectivity index (χ2n) is 5.49. The number of nitrogens with zero attached hydrogens (tertiary/aromatic N) is 2. The van der Waals surface area contributed by atoms with Crippen LogP contribution in [0, 0.1) is 0 Å². The predicted octanol–water partition coefficient (Wildman–Crippen LogP) is 1.71. The van der Waals surface area contributed by atoms with Crippen molar-refractivity contribution in [1.82, 2.24) is 4.90 Å². The first-order valence-electron chi connectivity index (χ1n) is 7.67. The van der Waals surface area contributed by atoms with Crippen LogP contribution in [-0.2, 0) is 6.54 Å². The van der Waals surface area contributed by atoms with Crippen molar-refractivity contribution in [3.05, 3.63) is 47.9 Å². The summed E-state index contributed by atoms with van der Waals surface area (Å²) in [6.07, 6.45) is 1.49. The van der Waals surface area contributed by atoms with Gasteiger partial charge >= 0.3 is 0 Å². The van der Waals surface area contributed by atoms with E-state index in [4.69, 9.17) is 14.9 Å².